The summed E-state index contributed by atoms with van der Waals surface area (Å²) >= 11 is 0. The van der Waals surface area contributed by atoms with Crippen molar-refractivity contribution >= 4 is 69.2 Å². The van der Waals surface area contributed by atoms with Crippen LogP contribution in [0.5, 0.6) is 0 Å². The zero-order chi connectivity index (χ0) is 16.9. The van der Waals surface area contributed by atoms with E-state index in [2.05, 4.69) is 6.92 Å². The second kappa shape index (κ2) is 18.2. The van der Waals surface area contributed by atoms with E-state index >= 15 is 0 Å². The van der Waals surface area contributed by atoms with Gasteiger partial charge in [-0.1, -0.05) is 64.7 Å². The number of unbranched alkanes of at least 4 members (excludes halogenated alkanes) is 9. The van der Waals surface area contributed by atoms with Gasteiger partial charge in [0.25, 0.3) is 10.1 Å². The zero-order valence-electron chi connectivity index (χ0n) is 13.8. The van der Waals surface area contributed by atoms with Gasteiger partial charge in [-0.15, -0.1) is 0 Å². The van der Waals surface area contributed by atoms with Crippen LogP contribution in [0.1, 0.15) is 77.6 Å². The number of hydrogen-bond donors (Lipinski definition) is 3. The van der Waals surface area contributed by atoms with Crippen LogP contribution in [-0.2, 0) is 14.3 Å². The van der Waals surface area contributed by atoms with Gasteiger partial charge in [0.15, 0.2) is 0 Å². The van der Waals surface area contributed by atoms with Gasteiger partial charge in [-0.25, -0.2) is 0 Å². The number of rotatable bonds is 15. The second-order valence-electron chi connectivity index (χ2n) is 5.89. The van der Waals surface area contributed by atoms with Crippen LogP contribution in [0.3, 0.4) is 0 Å². The molecule has 0 aliphatic carbocycles. The fourth-order valence-electron chi connectivity index (χ4n) is 2.11. The Balaban J connectivity index is -0.00000220. The summed E-state index contributed by atoms with van der Waals surface area (Å²) in [5.74, 6) is -2.96. The van der Waals surface area contributed by atoms with Crippen LogP contribution in [0.4, 0.5) is 0 Å². The van der Waals surface area contributed by atoms with Gasteiger partial charge < -0.3 is 10.2 Å². The maximum atomic E-state index is 11.4. The summed E-state index contributed by atoms with van der Waals surface area (Å²) in [7, 11) is -3.73. The molecule has 0 unspecified atom stereocenters. The van der Waals surface area contributed by atoms with E-state index in [1.807, 2.05) is 0 Å². The fraction of sp³-hybridized carbons (Fsp3) is 1.00. The zero-order valence-corrected chi connectivity index (χ0v) is 14.6. The average molecular weight is 387 g/mol. The Labute approximate surface area is 192 Å². The van der Waals surface area contributed by atoms with Crippen molar-refractivity contribution in [3.8, 4) is 0 Å². The summed E-state index contributed by atoms with van der Waals surface area (Å²) in [5, 5.41) is 17.7. The summed E-state index contributed by atoms with van der Waals surface area (Å²) in [4.78, 5) is 0. The molecule has 0 heterocycles. The molecule has 0 aromatic carbocycles. The molecular formula is C15H35NNa2O5S. The van der Waals surface area contributed by atoms with Crippen molar-refractivity contribution in [3.63, 3.8) is 0 Å². The van der Waals surface area contributed by atoms with E-state index in [0.29, 0.717) is 6.42 Å². The molecule has 0 aromatic rings. The Morgan fingerprint density at radius 3 is 1.71 bits per heavy atom. The first-order valence-corrected chi connectivity index (χ1v) is 9.95. The summed E-state index contributed by atoms with van der Waals surface area (Å²) in [5.41, 5.74) is 4.89. The van der Waals surface area contributed by atoms with Crippen LogP contribution in [-0.4, -0.2) is 96.0 Å². The van der Waals surface area contributed by atoms with Crippen molar-refractivity contribution in [1.82, 2.24) is 0 Å². The van der Waals surface area contributed by atoms with Gasteiger partial charge in [0.2, 0.25) is 5.91 Å². The molecule has 0 aliphatic heterocycles. The monoisotopic (exact) mass is 387 g/mol. The molecule has 0 radical (unpaired) electrons. The van der Waals surface area contributed by atoms with E-state index in [0.717, 1.165) is 12.8 Å². The summed E-state index contributed by atoms with van der Waals surface area (Å²) < 4.78 is 27.7. The van der Waals surface area contributed by atoms with E-state index < -0.39 is 28.2 Å². The van der Waals surface area contributed by atoms with Crippen LogP contribution in [0, 0.1) is 0 Å². The maximum absolute atomic E-state index is 11.4. The summed E-state index contributed by atoms with van der Waals surface area (Å²) in [6.07, 6.45) is 11.2. The molecule has 4 N–H and O–H groups in total. The topological polar surface area (TPSA) is 110 Å². The van der Waals surface area contributed by atoms with Gasteiger partial charge in [0.1, 0.15) is 0 Å². The van der Waals surface area contributed by atoms with Crippen molar-refractivity contribution in [2.45, 2.75) is 83.5 Å². The first-order chi connectivity index (χ1) is 10.3. The third-order valence-electron chi connectivity index (χ3n) is 3.48. The van der Waals surface area contributed by atoms with Crippen LogP contribution < -0.4 is 5.73 Å². The van der Waals surface area contributed by atoms with Crippen molar-refractivity contribution in [2.75, 3.05) is 12.4 Å². The molecule has 24 heavy (non-hydrogen) atoms. The van der Waals surface area contributed by atoms with Gasteiger partial charge in [0, 0.05) is 6.42 Å². The predicted molar refractivity (Wildman–Crippen MR) is 102 cm³/mol. The Hall–Kier alpha value is 1.79. The first kappa shape index (κ1) is 30.5. The Morgan fingerprint density at radius 1 is 0.875 bits per heavy atom. The van der Waals surface area contributed by atoms with Crippen molar-refractivity contribution in [3.05, 3.63) is 0 Å². The molecule has 0 rings (SSSR count). The van der Waals surface area contributed by atoms with E-state index in [1.165, 1.54) is 44.9 Å². The molecule has 0 atom stereocenters. The second-order valence-corrected chi connectivity index (χ2v) is 7.65. The summed E-state index contributed by atoms with van der Waals surface area (Å²) in [6.45, 7) is 2.36. The molecule has 0 spiro atoms. The molecule has 0 amide bonds. The molecule has 6 nitrogen and oxygen atoms in total. The van der Waals surface area contributed by atoms with Gasteiger partial charge in [-0.3, -0.25) is 9.92 Å². The molecule has 138 valence electrons. The normalized spacial score (nSPS) is 11.7. The van der Waals surface area contributed by atoms with E-state index in [-0.39, 0.29) is 65.7 Å². The number of aliphatic hydroxyl groups is 2. The molecule has 9 heteroatoms. The van der Waals surface area contributed by atoms with E-state index in [1.54, 1.807) is 0 Å². The van der Waals surface area contributed by atoms with Crippen LogP contribution in [0.25, 0.3) is 0 Å². The van der Waals surface area contributed by atoms with Crippen LogP contribution in [0.15, 0.2) is 0 Å². The first-order valence-electron chi connectivity index (χ1n) is 8.37. The minimum atomic E-state index is -3.73. The molecule has 0 saturated carbocycles. The SMILES string of the molecule is CCCCCCCCCCCCOS(=O)(=O)CCC(N)(O)O.[NaH].[NaH]. The molecule has 0 aliphatic rings. The van der Waals surface area contributed by atoms with E-state index in [9.17, 15) is 8.42 Å². The third kappa shape index (κ3) is 23.8. The van der Waals surface area contributed by atoms with Crippen LogP contribution >= 0.6 is 0 Å². The number of hydrogen-bond acceptors (Lipinski definition) is 6. The predicted octanol–water partition coefficient (Wildman–Crippen LogP) is 0.944. The minimum absolute atomic E-state index is 0. The molecule has 0 saturated heterocycles. The molecule has 0 fully saturated rings. The third-order valence-corrected chi connectivity index (χ3v) is 4.71. The quantitative estimate of drug-likeness (QED) is 0.167. The summed E-state index contributed by atoms with van der Waals surface area (Å²) in [6, 6.07) is 0. The Kier molecular flexibility index (Phi) is 23.1. The molecular weight excluding hydrogens is 352 g/mol. The Morgan fingerprint density at radius 2 is 1.29 bits per heavy atom. The van der Waals surface area contributed by atoms with Crippen LogP contribution in [0.2, 0.25) is 0 Å². The van der Waals surface area contributed by atoms with Gasteiger partial charge in [0.05, 0.1) is 12.4 Å². The Bertz CT molecular complexity index is 361. The van der Waals surface area contributed by atoms with Gasteiger partial charge in [-0.2, -0.15) is 8.42 Å². The van der Waals surface area contributed by atoms with E-state index in [4.69, 9.17) is 20.1 Å². The molecule has 0 bridgehead atoms. The van der Waals surface area contributed by atoms with Crippen molar-refractivity contribution in [2.24, 2.45) is 5.73 Å². The molecule has 0 aromatic heterocycles. The fourth-order valence-corrected chi connectivity index (χ4v) is 3.15. The van der Waals surface area contributed by atoms with Crippen molar-refractivity contribution in [1.29, 1.82) is 0 Å². The average Bonchev–Trinajstić information content (AvgIpc) is 2.42. The number of nitrogens with two attached hydrogens (primary N) is 1. The van der Waals surface area contributed by atoms with Crippen molar-refractivity contribution < 1.29 is 22.8 Å². The standard InChI is InChI=1S/C15H33NO5S.2Na.2H/c1-2-3-4-5-6-7-8-9-10-11-13-21-22(19,20)14-12-15(16,17)18;;;;/h17-18H,2-14,16H2,1H3;;;;. The van der Waals surface area contributed by atoms with Gasteiger partial charge in [-0.05, 0) is 6.42 Å². The van der Waals surface area contributed by atoms with Gasteiger partial charge >= 0.3 is 59.1 Å².